The number of benzene rings is 2. The molecule has 0 radical (unpaired) electrons. The summed E-state index contributed by atoms with van der Waals surface area (Å²) in [6.45, 7) is 15.1. The van der Waals surface area contributed by atoms with Crippen LogP contribution in [-0.2, 0) is 0 Å². The van der Waals surface area contributed by atoms with E-state index in [0.29, 0.717) is 6.61 Å². The van der Waals surface area contributed by atoms with Crippen LogP contribution in [0, 0.1) is 13.8 Å². The number of aromatic nitrogens is 4. The van der Waals surface area contributed by atoms with Gasteiger partial charge in [0.15, 0.2) is 5.82 Å². The maximum atomic E-state index is 5.66. The second-order valence-corrected chi connectivity index (χ2v) is 8.72. The molecule has 1 atom stereocenters. The van der Waals surface area contributed by atoms with E-state index in [1.165, 1.54) is 22.4 Å². The van der Waals surface area contributed by atoms with Gasteiger partial charge in [0.1, 0.15) is 5.75 Å². The molecule has 32 heavy (non-hydrogen) atoms. The molecule has 2 aromatic carbocycles. The number of ether oxygens (including phenoxy) is 1. The highest BCUT2D eigenvalue weighted by atomic mass is 16.5. The number of tetrazole rings is 1. The van der Waals surface area contributed by atoms with Crippen LogP contribution in [0.1, 0.15) is 55.4 Å². The Balaban J connectivity index is 1.61. The van der Waals surface area contributed by atoms with E-state index in [9.17, 15) is 0 Å². The summed E-state index contributed by atoms with van der Waals surface area (Å²) in [6.07, 6.45) is 0. The Labute approximate surface area is 191 Å². The van der Waals surface area contributed by atoms with Crippen LogP contribution >= 0.6 is 0 Å². The van der Waals surface area contributed by atoms with E-state index in [4.69, 9.17) is 4.74 Å². The zero-order valence-corrected chi connectivity index (χ0v) is 19.8. The minimum absolute atomic E-state index is 0.00355. The zero-order valence-electron chi connectivity index (χ0n) is 19.8. The molecule has 4 rings (SSSR count). The predicted molar refractivity (Wildman–Crippen MR) is 127 cm³/mol. The summed E-state index contributed by atoms with van der Waals surface area (Å²) in [4.78, 5) is 5.00. The van der Waals surface area contributed by atoms with Crippen LogP contribution in [0.2, 0.25) is 0 Å². The molecule has 0 N–H and O–H groups in total. The number of nitrogens with zero attached hydrogens (tertiary/aromatic N) is 6. The first kappa shape index (κ1) is 22.3. The van der Waals surface area contributed by atoms with Crippen molar-refractivity contribution in [3.05, 3.63) is 65.0 Å². The van der Waals surface area contributed by atoms with Crippen molar-refractivity contribution in [1.29, 1.82) is 0 Å². The second-order valence-electron chi connectivity index (χ2n) is 8.72. The lowest BCUT2D eigenvalue weighted by Gasteiger charge is -2.40. The van der Waals surface area contributed by atoms with Crippen molar-refractivity contribution in [2.24, 2.45) is 0 Å². The van der Waals surface area contributed by atoms with Crippen molar-refractivity contribution >= 4 is 5.69 Å². The molecule has 7 nitrogen and oxygen atoms in total. The van der Waals surface area contributed by atoms with Gasteiger partial charge in [-0.1, -0.05) is 24.3 Å². The zero-order chi connectivity index (χ0) is 22.7. The summed E-state index contributed by atoms with van der Waals surface area (Å²) in [5, 5.41) is 12.8. The monoisotopic (exact) mass is 434 g/mol. The lowest BCUT2D eigenvalue weighted by Crippen LogP contribution is -2.48. The molecule has 2 heterocycles. The molecule has 1 aromatic heterocycles. The Morgan fingerprint density at radius 1 is 0.969 bits per heavy atom. The Hall–Kier alpha value is -2.93. The van der Waals surface area contributed by atoms with Crippen LogP contribution in [0.15, 0.2) is 42.5 Å². The third-order valence-electron chi connectivity index (χ3n) is 6.35. The van der Waals surface area contributed by atoms with Gasteiger partial charge in [-0.2, -0.15) is 0 Å². The van der Waals surface area contributed by atoms with E-state index < -0.39 is 0 Å². The standard InChI is InChI=1S/C25H34N6O/c1-6-32-22-12-10-21(11-13-22)24(25-26-27-28-31(25)18(2)3)30-16-14-29(15-17-30)23-9-7-8-19(4)20(23)5/h7-13,18,24H,6,14-17H2,1-5H3/t24-/m0/s1. The Kier molecular flexibility index (Phi) is 6.74. The van der Waals surface area contributed by atoms with E-state index in [-0.39, 0.29) is 12.1 Å². The summed E-state index contributed by atoms with van der Waals surface area (Å²) in [5.74, 6) is 1.78. The summed E-state index contributed by atoms with van der Waals surface area (Å²) >= 11 is 0. The van der Waals surface area contributed by atoms with E-state index in [1.807, 2.05) is 23.7 Å². The highest BCUT2D eigenvalue weighted by molar-refractivity contribution is 5.56. The lowest BCUT2D eigenvalue weighted by atomic mass is 10.0. The summed E-state index contributed by atoms with van der Waals surface area (Å²) in [7, 11) is 0. The van der Waals surface area contributed by atoms with Crippen LogP contribution in [0.5, 0.6) is 5.75 Å². The molecule has 0 amide bonds. The van der Waals surface area contributed by atoms with Crippen molar-refractivity contribution in [1.82, 2.24) is 25.1 Å². The Morgan fingerprint density at radius 2 is 1.69 bits per heavy atom. The Morgan fingerprint density at radius 3 is 2.34 bits per heavy atom. The van der Waals surface area contributed by atoms with Gasteiger partial charge >= 0.3 is 0 Å². The molecule has 170 valence electrons. The van der Waals surface area contributed by atoms with Crippen molar-refractivity contribution in [2.45, 2.75) is 46.7 Å². The van der Waals surface area contributed by atoms with Crippen LogP contribution in [0.25, 0.3) is 0 Å². The van der Waals surface area contributed by atoms with Gasteiger partial charge in [0.05, 0.1) is 18.7 Å². The quantitative estimate of drug-likeness (QED) is 0.556. The number of piperazine rings is 1. The molecule has 1 saturated heterocycles. The van der Waals surface area contributed by atoms with E-state index in [1.54, 1.807) is 0 Å². The van der Waals surface area contributed by atoms with Gasteiger partial charge in [0.2, 0.25) is 0 Å². The molecule has 3 aromatic rings. The summed E-state index contributed by atoms with van der Waals surface area (Å²) < 4.78 is 7.60. The number of anilines is 1. The molecule has 7 heteroatoms. The highest BCUT2D eigenvalue weighted by Gasteiger charge is 2.31. The number of aryl methyl sites for hydroxylation is 1. The van der Waals surface area contributed by atoms with Gasteiger partial charge in [-0.15, -0.1) is 5.10 Å². The van der Waals surface area contributed by atoms with Crippen molar-refractivity contribution in [2.75, 3.05) is 37.7 Å². The molecule has 1 aliphatic heterocycles. The first-order valence-corrected chi connectivity index (χ1v) is 11.5. The lowest BCUT2D eigenvalue weighted by molar-refractivity contribution is 0.199. The van der Waals surface area contributed by atoms with Crippen molar-refractivity contribution < 1.29 is 4.74 Å². The van der Waals surface area contributed by atoms with Gasteiger partial charge < -0.3 is 9.64 Å². The average Bonchev–Trinajstić information content (AvgIpc) is 3.28. The minimum atomic E-state index is 0.00355. The van der Waals surface area contributed by atoms with E-state index >= 15 is 0 Å². The first-order chi connectivity index (χ1) is 15.5. The van der Waals surface area contributed by atoms with E-state index in [0.717, 1.165) is 37.8 Å². The number of hydrogen-bond acceptors (Lipinski definition) is 6. The van der Waals surface area contributed by atoms with E-state index in [2.05, 4.69) is 83.4 Å². The van der Waals surface area contributed by atoms with Gasteiger partial charge in [-0.05, 0) is 79.9 Å². The summed E-state index contributed by atoms with van der Waals surface area (Å²) in [6, 6.07) is 15.2. The molecular formula is C25H34N6O. The first-order valence-electron chi connectivity index (χ1n) is 11.5. The molecule has 1 fully saturated rings. The second kappa shape index (κ2) is 9.69. The largest absolute Gasteiger partial charge is 0.494 e. The van der Waals surface area contributed by atoms with Crippen LogP contribution in [-0.4, -0.2) is 57.9 Å². The molecule has 0 unspecified atom stereocenters. The minimum Gasteiger partial charge on any atom is -0.494 e. The maximum Gasteiger partial charge on any atom is 0.173 e. The van der Waals surface area contributed by atoms with Crippen LogP contribution in [0.4, 0.5) is 5.69 Å². The summed E-state index contributed by atoms with van der Waals surface area (Å²) in [5.41, 5.74) is 5.24. The molecule has 0 bridgehead atoms. The average molecular weight is 435 g/mol. The maximum absolute atomic E-state index is 5.66. The number of rotatable bonds is 7. The fourth-order valence-corrected chi connectivity index (χ4v) is 4.48. The highest BCUT2D eigenvalue weighted by Crippen LogP contribution is 2.32. The van der Waals surface area contributed by atoms with Crippen molar-refractivity contribution in [3.63, 3.8) is 0 Å². The molecule has 0 aliphatic carbocycles. The SMILES string of the molecule is CCOc1ccc([C@@H](c2nnnn2C(C)C)N2CCN(c3cccc(C)c3C)CC2)cc1. The predicted octanol–water partition coefficient (Wildman–Crippen LogP) is 4.18. The molecule has 0 saturated carbocycles. The van der Waals surface area contributed by atoms with Gasteiger partial charge in [0.25, 0.3) is 0 Å². The third-order valence-corrected chi connectivity index (χ3v) is 6.35. The topological polar surface area (TPSA) is 59.3 Å². The molecular weight excluding hydrogens is 400 g/mol. The van der Waals surface area contributed by atoms with Gasteiger partial charge in [-0.3, -0.25) is 4.90 Å². The Bertz CT molecular complexity index is 1020. The fraction of sp³-hybridized carbons (Fsp3) is 0.480. The molecule has 0 spiro atoms. The third kappa shape index (κ3) is 4.48. The van der Waals surface area contributed by atoms with Gasteiger partial charge in [0, 0.05) is 31.9 Å². The normalized spacial score (nSPS) is 15.9. The van der Waals surface area contributed by atoms with Crippen LogP contribution in [0.3, 0.4) is 0 Å². The molecule has 1 aliphatic rings. The smallest absolute Gasteiger partial charge is 0.173 e. The van der Waals surface area contributed by atoms with Gasteiger partial charge in [-0.25, -0.2) is 4.68 Å². The number of hydrogen-bond donors (Lipinski definition) is 0. The van der Waals surface area contributed by atoms with Crippen LogP contribution < -0.4 is 9.64 Å². The van der Waals surface area contributed by atoms with Crippen molar-refractivity contribution in [3.8, 4) is 5.75 Å². The fourth-order valence-electron chi connectivity index (χ4n) is 4.48.